The zero-order chi connectivity index (χ0) is 19.0. The van der Waals surface area contributed by atoms with Gasteiger partial charge in [0.25, 0.3) is 0 Å². The number of hydrogen-bond donors (Lipinski definition) is 2. The van der Waals surface area contributed by atoms with E-state index in [-0.39, 0.29) is 23.3 Å². The van der Waals surface area contributed by atoms with E-state index in [0.717, 1.165) is 5.69 Å². The van der Waals surface area contributed by atoms with Crippen LogP contribution in [0.1, 0.15) is 0 Å². The molecule has 0 spiro atoms. The highest BCUT2D eigenvalue weighted by Gasteiger charge is 2.43. The maximum absolute atomic E-state index is 13.1. The van der Waals surface area contributed by atoms with Crippen LogP contribution in [-0.4, -0.2) is 48.5 Å². The first kappa shape index (κ1) is 17.2. The van der Waals surface area contributed by atoms with Crippen LogP contribution < -0.4 is 19.7 Å². The van der Waals surface area contributed by atoms with Crippen molar-refractivity contribution in [1.29, 1.82) is 0 Å². The van der Waals surface area contributed by atoms with Crippen molar-refractivity contribution in [3.05, 3.63) is 42.5 Å². The molecule has 0 atom stereocenters. The lowest BCUT2D eigenvalue weighted by Crippen LogP contribution is -2.50. The van der Waals surface area contributed by atoms with Crippen LogP contribution in [0.3, 0.4) is 0 Å². The average molecular weight is 377 g/mol. The van der Waals surface area contributed by atoms with Crippen LogP contribution in [0.2, 0.25) is 0 Å². The van der Waals surface area contributed by atoms with Crippen LogP contribution >= 0.6 is 0 Å². The van der Waals surface area contributed by atoms with Crippen LogP contribution in [0.5, 0.6) is 17.2 Å². The second-order valence-electron chi connectivity index (χ2n) is 6.22. The third-order valence-electron chi connectivity index (χ3n) is 4.44. The number of hydrogen-bond acceptors (Lipinski definition) is 5. The molecule has 2 aliphatic heterocycles. The number of nitrogens with one attached hydrogen (secondary N) is 1. The van der Waals surface area contributed by atoms with E-state index in [2.05, 4.69) is 14.8 Å². The molecule has 0 radical (unpaired) electrons. The topological polar surface area (TPSA) is 74.3 Å². The minimum Gasteiger partial charge on any atom is -0.506 e. The summed E-state index contributed by atoms with van der Waals surface area (Å²) < 4.78 is 34.8. The predicted molar refractivity (Wildman–Crippen MR) is 93.6 cm³/mol. The Morgan fingerprint density at radius 1 is 1.04 bits per heavy atom. The molecule has 4 rings (SSSR count). The van der Waals surface area contributed by atoms with E-state index in [1.807, 2.05) is 17.0 Å². The molecule has 1 fully saturated rings. The molecule has 27 heavy (non-hydrogen) atoms. The number of piperazine rings is 1. The molecule has 0 saturated carbocycles. The number of benzene rings is 2. The molecular formula is C18H17F2N3O4. The fourth-order valence-electron chi connectivity index (χ4n) is 3.11. The second-order valence-corrected chi connectivity index (χ2v) is 6.22. The molecular weight excluding hydrogens is 360 g/mol. The highest BCUT2D eigenvalue weighted by atomic mass is 19.3. The molecule has 2 heterocycles. The van der Waals surface area contributed by atoms with Gasteiger partial charge in [0.15, 0.2) is 11.5 Å². The first-order valence-electron chi connectivity index (χ1n) is 8.40. The van der Waals surface area contributed by atoms with Gasteiger partial charge in [-0.25, -0.2) is 4.79 Å². The molecule has 2 aromatic rings. The first-order chi connectivity index (χ1) is 12.9. The lowest BCUT2D eigenvalue weighted by molar-refractivity contribution is -0.286. The van der Waals surface area contributed by atoms with Crippen molar-refractivity contribution in [3.63, 3.8) is 0 Å². The summed E-state index contributed by atoms with van der Waals surface area (Å²) in [4.78, 5) is 16.1. The van der Waals surface area contributed by atoms with Crippen molar-refractivity contribution in [3.8, 4) is 17.2 Å². The van der Waals surface area contributed by atoms with E-state index in [4.69, 9.17) is 0 Å². The maximum Gasteiger partial charge on any atom is 0.586 e. The number of ether oxygens (including phenoxy) is 2. The largest absolute Gasteiger partial charge is 0.586 e. The summed E-state index contributed by atoms with van der Waals surface area (Å²) in [5.41, 5.74) is 1.07. The molecule has 1 saturated heterocycles. The molecule has 0 bridgehead atoms. The summed E-state index contributed by atoms with van der Waals surface area (Å²) in [6.07, 6.45) is -3.69. The van der Waals surface area contributed by atoms with Gasteiger partial charge in [-0.05, 0) is 24.3 Å². The zero-order valence-corrected chi connectivity index (χ0v) is 14.2. The second kappa shape index (κ2) is 6.49. The lowest BCUT2D eigenvalue weighted by Gasteiger charge is -2.36. The van der Waals surface area contributed by atoms with Gasteiger partial charge in [-0.3, -0.25) is 0 Å². The number of aromatic hydroxyl groups is 1. The monoisotopic (exact) mass is 377 g/mol. The summed E-state index contributed by atoms with van der Waals surface area (Å²) in [5.74, 6) is 0.00372. The lowest BCUT2D eigenvalue weighted by atomic mass is 10.2. The molecule has 2 N–H and O–H groups in total. The van der Waals surface area contributed by atoms with E-state index >= 15 is 0 Å². The smallest absolute Gasteiger partial charge is 0.506 e. The number of anilines is 2. The highest BCUT2D eigenvalue weighted by molar-refractivity contribution is 5.90. The summed E-state index contributed by atoms with van der Waals surface area (Å²) in [6.45, 7) is 2.06. The normalized spacial score (nSPS) is 17.7. The van der Waals surface area contributed by atoms with Gasteiger partial charge in [0.05, 0.1) is 5.69 Å². The minimum absolute atomic E-state index is 0.0747. The van der Waals surface area contributed by atoms with Gasteiger partial charge in [0.2, 0.25) is 0 Å². The predicted octanol–water partition coefficient (Wildman–Crippen LogP) is 3.07. The number of rotatable bonds is 2. The minimum atomic E-state index is -3.69. The Hall–Kier alpha value is -3.23. The van der Waals surface area contributed by atoms with Crippen LogP contribution in [-0.2, 0) is 0 Å². The fourth-order valence-corrected chi connectivity index (χ4v) is 3.11. The number of phenols is 1. The Morgan fingerprint density at radius 2 is 1.74 bits per heavy atom. The molecule has 7 nitrogen and oxygen atoms in total. The number of carbonyl (C=O) groups excluding carboxylic acids is 1. The number of para-hydroxylation sites is 2. The highest BCUT2D eigenvalue weighted by Crippen LogP contribution is 2.42. The zero-order valence-electron chi connectivity index (χ0n) is 14.2. The Kier molecular flexibility index (Phi) is 4.14. The van der Waals surface area contributed by atoms with Gasteiger partial charge in [-0.2, -0.15) is 0 Å². The van der Waals surface area contributed by atoms with E-state index in [1.165, 1.54) is 18.2 Å². The van der Waals surface area contributed by atoms with Crippen LogP contribution in [0.25, 0.3) is 0 Å². The van der Waals surface area contributed by atoms with Crippen LogP contribution in [0.4, 0.5) is 25.0 Å². The summed E-state index contributed by atoms with van der Waals surface area (Å²) in [5, 5.41) is 12.6. The average Bonchev–Trinajstić information content (AvgIpc) is 2.95. The number of amides is 2. The van der Waals surface area contributed by atoms with Crippen LogP contribution in [0.15, 0.2) is 42.5 Å². The number of halogens is 2. The molecule has 0 unspecified atom stereocenters. The SMILES string of the molecule is O=C(Nc1ccc2c(c1)OC(F)(F)O2)N1CCN(c2ccccc2O)CC1. The number of alkyl halides is 2. The van der Waals surface area contributed by atoms with Gasteiger partial charge >= 0.3 is 12.3 Å². The van der Waals surface area contributed by atoms with Crippen molar-refractivity contribution in [1.82, 2.24) is 4.90 Å². The van der Waals surface area contributed by atoms with Crippen molar-refractivity contribution in [2.75, 3.05) is 36.4 Å². The number of nitrogens with zero attached hydrogens (tertiary/aromatic N) is 2. The number of fused-ring (bicyclic) bond motifs is 1. The van der Waals surface area contributed by atoms with Crippen molar-refractivity contribution in [2.24, 2.45) is 0 Å². The standard InChI is InChI=1S/C18H17F2N3O4/c19-18(20)26-15-6-5-12(11-16(15)27-18)21-17(25)23-9-7-22(8-10-23)13-3-1-2-4-14(13)24/h1-6,11,24H,7-10H2,(H,21,25). The third kappa shape index (κ3) is 3.53. The molecule has 9 heteroatoms. The quantitative estimate of drug-likeness (QED) is 0.842. The molecule has 0 aliphatic carbocycles. The fraction of sp³-hybridized carbons (Fsp3) is 0.278. The van der Waals surface area contributed by atoms with E-state index in [9.17, 15) is 18.7 Å². The number of urea groups is 1. The number of carbonyl (C=O) groups is 1. The van der Waals surface area contributed by atoms with Crippen LogP contribution in [0, 0.1) is 0 Å². The van der Waals surface area contributed by atoms with Gasteiger partial charge in [0.1, 0.15) is 5.75 Å². The van der Waals surface area contributed by atoms with Gasteiger partial charge < -0.3 is 29.7 Å². The van der Waals surface area contributed by atoms with E-state index in [0.29, 0.717) is 31.9 Å². The summed E-state index contributed by atoms with van der Waals surface area (Å²) >= 11 is 0. The third-order valence-corrected chi connectivity index (χ3v) is 4.44. The van der Waals surface area contributed by atoms with Gasteiger partial charge in [0, 0.05) is 37.9 Å². The van der Waals surface area contributed by atoms with E-state index < -0.39 is 6.29 Å². The molecule has 2 aliphatic rings. The maximum atomic E-state index is 13.1. The molecule has 0 aromatic heterocycles. The Labute approximate surface area is 153 Å². The van der Waals surface area contributed by atoms with Crippen molar-refractivity contribution in [2.45, 2.75) is 6.29 Å². The summed E-state index contributed by atoms with van der Waals surface area (Å²) in [6, 6.07) is 10.8. The molecule has 2 aromatic carbocycles. The first-order valence-corrected chi connectivity index (χ1v) is 8.40. The summed E-state index contributed by atoms with van der Waals surface area (Å²) in [7, 11) is 0. The number of phenolic OH excluding ortho intramolecular Hbond substituents is 1. The van der Waals surface area contributed by atoms with E-state index in [1.54, 1.807) is 17.0 Å². The Morgan fingerprint density at radius 3 is 2.48 bits per heavy atom. The van der Waals surface area contributed by atoms with Gasteiger partial charge in [-0.1, -0.05) is 12.1 Å². The Bertz CT molecular complexity index is 869. The molecule has 142 valence electrons. The Balaban J connectivity index is 1.36. The van der Waals surface area contributed by atoms with Gasteiger partial charge in [-0.15, -0.1) is 8.78 Å². The van der Waals surface area contributed by atoms with Crippen molar-refractivity contribution >= 4 is 17.4 Å². The molecule has 2 amide bonds. The van der Waals surface area contributed by atoms with Crippen molar-refractivity contribution < 1.29 is 28.2 Å².